The van der Waals surface area contributed by atoms with Gasteiger partial charge in [-0.25, -0.2) is 4.79 Å². The zero-order valence-electron chi connectivity index (χ0n) is 24.1. The van der Waals surface area contributed by atoms with Crippen LogP contribution in [0.5, 0.6) is 5.75 Å². The molecule has 0 spiro atoms. The first kappa shape index (κ1) is 30.7. The Morgan fingerprint density at radius 3 is 2.36 bits per heavy atom. The van der Waals surface area contributed by atoms with E-state index in [9.17, 15) is 20.2 Å². The van der Waals surface area contributed by atoms with E-state index in [4.69, 9.17) is 44.1 Å². The number of aromatic carboxylic acids is 1. The molecule has 0 radical (unpaired) electrons. The number of pyridine rings is 1. The highest BCUT2D eigenvalue weighted by Crippen LogP contribution is 2.48. The molecule has 232 valence electrons. The summed E-state index contributed by atoms with van der Waals surface area (Å²) in [6, 6.07) is 6.92. The quantitative estimate of drug-likeness (QED) is 0.126. The van der Waals surface area contributed by atoms with Crippen LogP contribution in [0.15, 0.2) is 41.2 Å². The molecule has 0 saturated heterocycles. The van der Waals surface area contributed by atoms with E-state index < -0.39 is 11.6 Å². The number of hydrogen-bond donors (Lipinski definition) is 3. The lowest BCUT2D eigenvalue weighted by Crippen LogP contribution is -2.32. The Morgan fingerprint density at radius 2 is 1.77 bits per heavy atom. The third kappa shape index (κ3) is 5.88. The maximum atomic E-state index is 11.7. The number of benzene rings is 1. The predicted molar refractivity (Wildman–Crippen MR) is 162 cm³/mol. The van der Waals surface area contributed by atoms with E-state index >= 15 is 0 Å². The van der Waals surface area contributed by atoms with Gasteiger partial charge in [-0.2, -0.15) is 5.10 Å². The van der Waals surface area contributed by atoms with Crippen molar-refractivity contribution in [3.8, 4) is 17.0 Å². The summed E-state index contributed by atoms with van der Waals surface area (Å²) >= 11 is 19.6. The molecule has 2 fully saturated rings. The molecule has 0 amide bonds. The number of rotatable bonds is 9. The van der Waals surface area contributed by atoms with Crippen LogP contribution in [0.3, 0.4) is 0 Å². The molecule has 2 aliphatic rings. The number of carboxylic acids is 1. The van der Waals surface area contributed by atoms with Crippen LogP contribution < -0.4 is 9.47 Å². The SMILES string of the molecule is CC(C)n1nc(C(=O)O)cc1C1CCC(O)(c2ccc(OCc3c(-c4c(Cl)c[n+](O)cc4Cl)noc3C3CC3)cc2Cl)CC1. The van der Waals surface area contributed by atoms with Crippen molar-refractivity contribution in [2.45, 2.75) is 82.5 Å². The third-order valence-electron chi connectivity index (χ3n) is 8.50. The molecular weight excluding hydrogens is 631 g/mol. The molecule has 10 nitrogen and oxygen atoms in total. The number of carboxylic acid groups (broad SMARTS) is 1. The number of aromatic nitrogens is 4. The minimum absolute atomic E-state index is 0.0178. The summed E-state index contributed by atoms with van der Waals surface area (Å²) in [5, 5.41) is 40.2. The number of hydrogen-bond acceptors (Lipinski definition) is 7. The largest absolute Gasteiger partial charge is 0.489 e. The molecule has 0 unspecified atom stereocenters. The van der Waals surface area contributed by atoms with Crippen molar-refractivity contribution in [1.82, 2.24) is 14.9 Å². The molecular formula is C31H32Cl3N4O6+. The molecule has 6 rings (SSSR count). The molecule has 4 aromatic rings. The van der Waals surface area contributed by atoms with Crippen molar-refractivity contribution in [1.29, 1.82) is 0 Å². The average molecular weight is 663 g/mol. The summed E-state index contributed by atoms with van der Waals surface area (Å²) in [6.45, 7) is 4.06. The van der Waals surface area contributed by atoms with Gasteiger partial charge in [0.1, 0.15) is 33.9 Å². The van der Waals surface area contributed by atoms with Crippen molar-refractivity contribution >= 4 is 40.8 Å². The van der Waals surface area contributed by atoms with Gasteiger partial charge in [0, 0.05) is 33.9 Å². The van der Waals surface area contributed by atoms with Crippen LogP contribution in [0.1, 0.15) is 103 Å². The van der Waals surface area contributed by atoms with Crippen LogP contribution in [0.2, 0.25) is 15.1 Å². The first-order valence-electron chi connectivity index (χ1n) is 14.5. The second-order valence-corrected chi connectivity index (χ2v) is 13.1. The Morgan fingerprint density at radius 1 is 1.09 bits per heavy atom. The number of carbonyl (C=O) groups is 1. The summed E-state index contributed by atoms with van der Waals surface area (Å²) in [7, 11) is 0. The van der Waals surface area contributed by atoms with Gasteiger partial charge in [-0.1, -0.05) is 46.0 Å². The van der Waals surface area contributed by atoms with Gasteiger partial charge < -0.3 is 19.5 Å². The fourth-order valence-electron chi connectivity index (χ4n) is 6.07. The van der Waals surface area contributed by atoms with Crippen molar-refractivity contribution in [2.24, 2.45) is 0 Å². The minimum Gasteiger partial charge on any atom is -0.489 e. The van der Waals surface area contributed by atoms with E-state index in [0.717, 1.165) is 34.6 Å². The number of ether oxygens (including phenoxy) is 1. The van der Waals surface area contributed by atoms with Gasteiger partial charge in [0.25, 0.3) is 0 Å². The first-order valence-corrected chi connectivity index (χ1v) is 15.6. The van der Waals surface area contributed by atoms with Crippen LogP contribution in [0.4, 0.5) is 0 Å². The molecule has 2 aliphatic carbocycles. The number of halogens is 3. The topological polar surface area (TPSA) is 135 Å². The first-order chi connectivity index (χ1) is 20.9. The summed E-state index contributed by atoms with van der Waals surface area (Å²) in [6.07, 6.45) is 6.84. The van der Waals surface area contributed by atoms with E-state index in [2.05, 4.69) is 10.3 Å². The number of nitrogens with zero attached hydrogens (tertiary/aromatic N) is 4. The fourth-order valence-corrected chi connectivity index (χ4v) is 7.05. The highest BCUT2D eigenvalue weighted by Gasteiger charge is 2.39. The summed E-state index contributed by atoms with van der Waals surface area (Å²) in [4.78, 5) is 11.5. The van der Waals surface area contributed by atoms with Gasteiger partial charge in [0.05, 0.1) is 21.8 Å². The second kappa shape index (κ2) is 11.9. The summed E-state index contributed by atoms with van der Waals surface area (Å²) < 4.78 is 14.4. The van der Waals surface area contributed by atoms with Crippen molar-refractivity contribution < 1.29 is 34.2 Å². The molecule has 3 aromatic heterocycles. The summed E-state index contributed by atoms with van der Waals surface area (Å²) in [5.41, 5.74) is 2.01. The van der Waals surface area contributed by atoms with E-state index in [-0.39, 0.29) is 40.2 Å². The predicted octanol–water partition coefficient (Wildman–Crippen LogP) is 7.30. The van der Waals surface area contributed by atoms with E-state index in [1.54, 1.807) is 28.9 Å². The average Bonchev–Trinajstić information content (AvgIpc) is 3.56. The molecule has 13 heteroatoms. The Labute approximate surface area is 268 Å². The zero-order valence-corrected chi connectivity index (χ0v) is 26.4. The van der Waals surface area contributed by atoms with Gasteiger partial charge in [0.2, 0.25) is 12.4 Å². The van der Waals surface area contributed by atoms with E-state index in [1.165, 1.54) is 12.4 Å². The van der Waals surface area contributed by atoms with Gasteiger partial charge in [0.15, 0.2) is 5.69 Å². The lowest BCUT2D eigenvalue weighted by molar-refractivity contribution is -0.904. The molecule has 2 saturated carbocycles. The Kier molecular flexibility index (Phi) is 8.30. The maximum Gasteiger partial charge on any atom is 0.356 e. The normalized spacial score (nSPS) is 20.3. The molecule has 0 atom stereocenters. The van der Waals surface area contributed by atoms with Crippen LogP contribution in [0.25, 0.3) is 11.3 Å². The number of aliphatic hydroxyl groups is 1. The van der Waals surface area contributed by atoms with Crippen LogP contribution in [-0.2, 0) is 12.2 Å². The standard InChI is InChI=1S/C31H31Cl3N4O6/c1-16(2)38-26(12-25(35-38)30(39)40)17-7-9-31(41,10-8-17)21-6-5-19(11-22(21)32)43-15-20-28(36-44-29(20)18-3-4-18)27-23(33)13-37(42)14-24(27)34/h5-6,11-14,16-18,41H,3-4,7-10,15H2,1-2H3,(H-,36,39,40,42)/p+1. The monoisotopic (exact) mass is 661 g/mol. The van der Waals surface area contributed by atoms with Gasteiger partial charge in [-0.3, -0.25) is 9.89 Å². The van der Waals surface area contributed by atoms with E-state index in [1.807, 2.05) is 13.8 Å². The van der Waals surface area contributed by atoms with Crippen LogP contribution in [0, 0.1) is 0 Å². The Balaban J connectivity index is 1.18. The highest BCUT2D eigenvalue weighted by molar-refractivity contribution is 6.38. The molecule has 3 heterocycles. The fraction of sp³-hybridized carbons (Fsp3) is 0.419. The van der Waals surface area contributed by atoms with Gasteiger partial charge >= 0.3 is 5.97 Å². The Bertz CT molecular complexity index is 1700. The molecule has 44 heavy (non-hydrogen) atoms. The molecule has 0 bridgehead atoms. The van der Waals surface area contributed by atoms with Crippen molar-refractivity contribution in [3.05, 3.63) is 80.0 Å². The summed E-state index contributed by atoms with van der Waals surface area (Å²) in [5.74, 6) is 0.487. The second-order valence-electron chi connectivity index (χ2n) is 11.9. The van der Waals surface area contributed by atoms with Crippen molar-refractivity contribution in [2.75, 3.05) is 0 Å². The Hall–Kier alpha value is -3.31. The van der Waals surface area contributed by atoms with Crippen LogP contribution in [-0.4, -0.2) is 36.3 Å². The third-order valence-corrected chi connectivity index (χ3v) is 9.39. The zero-order chi connectivity index (χ0) is 31.3. The maximum absolute atomic E-state index is 11.7. The smallest absolute Gasteiger partial charge is 0.356 e. The van der Waals surface area contributed by atoms with Gasteiger partial charge in [-0.05, 0) is 70.6 Å². The van der Waals surface area contributed by atoms with Gasteiger partial charge in [-0.15, -0.1) is 0 Å². The van der Waals surface area contributed by atoms with E-state index in [0.29, 0.717) is 53.3 Å². The molecule has 1 aromatic carbocycles. The lowest BCUT2D eigenvalue weighted by Gasteiger charge is -2.37. The lowest BCUT2D eigenvalue weighted by atomic mass is 9.74. The minimum atomic E-state index is -1.13. The molecule has 0 aliphatic heterocycles. The highest BCUT2D eigenvalue weighted by atomic mass is 35.5. The van der Waals surface area contributed by atoms with Crippen LogP contribution >= 0.6 is 34.8 Å². The van der Waals surface area contributed by atoms with Crippen molar-refractivity contribution in [3.63, 3.8) is 0 Å². The molecule has 3 N–H and O–H groups in total.